The number of allylic oxidation sites excluding steroid dienone is 12. The molecule has 5 nitrogen and oxygen atoms in total. The van der Waals surface area contributed by atoms with Crippen LogP contribution in [0.5, 0.6) is 0 Å². The van der Waals surface area contributed by atoms with Gasteiger partial charge in [-0.15, -0.1) is 0 Å². The Labute approximate surface area is 410 Å². The van der Waals surface area contributed by atoms with E-state index in [0.29, 0.717) is 19.4 Å². The van der Waals surface area contributed by atoms with Gasteiger partial charge in [0, 0.05) is 19.4 Å². The highest BCUT2D eigenvalue weighted by atomic mass is 16.6. The van der Waals surface area contributed by atoms with E-state index < -0.39 is 6.10 Å². The van der Waals surface area contributed by atoms with Crippen molar-refractivity contribution in [2.75, 3.05) is 19.8 Å². The van der Waals surface area contributed by atoms with E-state index in [0.717, 1.165) is 83.5 Å². The van der Waals surface area contributed by atoms with E-state index in [2.05, 4.69) is 93.7 Å². The maximum atomic E-state index is 12.8. The van der Waals surface area contributed by atoms with Crippen molar-refractivity contribution in [2.24, 2.45) is 0 Å². The molecule has 0 spiro atoms. The second-order valence-corrected chi connectivity index (χ2v) is 18.8. The van der Waals surface area contributed by atoms with Crippen LogP contribution >= 0.6 is 0 Å². The highest BCUT2D eigenvalue weighted by molar-refractivity contribution is 5.70. The highest BCUT2D eigenvalue weighted by Gasteiger charge is 2.17. The number of carbonyl (C=O) groups excluding carboxylic acids is 2. The predicted molar refractivity (Wildman–Crippen MR) is 288 cm³/mol. The molecule has 0 aliphatic rings. The van der Waals surface area contributed by atoms with Crippen LogP contribution in [0.2, 0.25) is 0 Å². The molecule has 0 rings (SSSR count). The van der Waals surface area contributed by atoms with Gasteiger partial charge in [0.2, 0.25) is 0 Å². The lowest BCUT2D eigenvalue weighted by atomic mass is 10.0. The molecule has 1 unspecified atom stereocenters. The Kier molecular flexibility index (Phi) is 54.4. The first kappa shape index (κ1) is 63.3. The Morgan fingerprint density at radius 3 is 1.12 bits per heavy atom. The summed E-state index contributed by atoms with van der Waals surface area (Å²) in [5.41, 5.74) is 0. The number of rotatable bonds is 52. The van der Waals surface area contributed by atoms with E-state index in [1.54, 1.807) is 0 Å². The lowest BCUT2D eigenvalue weighted by Gasteiger charge is -2.18. The molecule has 0 aliphatic carbocycles. The SMILES string of the molecule is CC/C=C\C/C=C\C/C=C\CCCCCCCC(=O)OCC(COCCCCCCCCC/C=C\C/C=C\C/C=C\CCCCC)OC(=O)CCCCCCCCCCCCCCCCC. The number of unbranched alkanes of at least 4 members (excludes halogenated alkanes) is 29. The van der Waals surface area contributed by atoms with Crippen LogP contribution < -0.4 is 0 Å². The minimum Gasteiger partial charge on any atom is -0.462 e. The summed E-state index contributed by atoms with van der Waals surface area (Å²) in [6.07, 6.45) is 73.5. The van der Waals surface area contributed by atoms with Crippen molar-refractivity contribution in [1.29, 1.82) is 0 Å². The fourth-order valence-electron chi connectivity index (χ4n) is 8.00. The summed E-state index contributed by atoms with van der Waals surface area (Å²) >= 11 is 0. The molecule has 0 aliphatic heterocycles. The van der Waals surface area contributed by atoms with Crippen molar-refractivity contribution in [1.82, 2.24) is 0 Å². The van der Waals surface area contributed by atoms with Gasteiger partial charge in [-0.3, -0.25) is 9.59 Å². The fraction of sp³-hybridized carbons (Fsp3) is 0.770. The normalized spacial score (nSPS) is 12.7. The Hall–Kier alpha value is -2.66. The summed E-state index contributed by atoms with van der Waals surface area (Å²) < 4.78 is 17.5. The summed E-state index contributed by atoms with van der Waals surface area (Å²) in [7, 11) is 0. The Balaban J connectivity index is 4.30. The molecule has 5 heteroatoms. The third kappa shape index (κ3) is 54.0. The van der Waals surface area contributed by atoms with Gasteiger partial charge in [0.05, 0.1) is 6.61 Å². The Morgan fingerprint density at radius 1 is 0.348 bits per heavy atom. The largest absolute Gasteiger partial charge is 0.462 e. The molecule has 0 radical (unpaired) electrons. The first-order chi connectivity index (χ1) is 32.6. The van der Waals surface area contributed by atoms with Crippen molar-refractivity contribution >= 4 is 11.9 Å². The maximum Gasteiger partial charge on any atom is 0.306 e. The molecule has 382 valence electrons. The van der Waals surface area contributed by atoms with Crippen molar-refractivity contribution in [2.45, 2.75) is 284 Å². The van der Waals surface area contributed by atoms with E-state index in [9.17, 15) is 9.59 Å². The molecule has 1 atom stereocenters. The minimum absolute atomic E-state index is 0.0726. The lowest BCUT2D eigenvalue weighted by molar-refractivity contribution is -0.163. The van der Waals surface area contributed by atoms with Crippen LogP contribution in [-0.4, -0.2) is 37.9 Å². The summed E-state index contributed by atoms with van der Waals surface area (Å²) in [6, 6.07) is 0. The lowest BCUT2D eigenvalue weighted by Crippen LogP contribution is -2.30. The van der Waals surface area contributed by atoms with Crippen molar-refractivity contribution < 1.29 is 23.8 Å². The van der Waals surface area contributed by atoms with E-state index in [1.165, 1.54) is 161 Å². The molecule has 0 saturated carbocycles. The molecule has 0 N–H and O–H groups in total. The van der Waals surface area contributed by atoms with E-state index in [4.69, 9.17) is 14.2 Å². The van der Waals surface area contributed by atoms with Gasteiger partial charge < -0.3 is 14.2 Å². The molecule has 0 amide bonds. The predicted octanol–water partition coefficient (Wildman–Crippen LogP) is 19.5. The zero-order valence-corrected chi connectivity index (χ0v) is 44.0. The van der Waals surface area contributed by atoms with Gasteiger partial charge in [0.1, 0.15) is 6.61 Å². The second-order valence-electron chi connectivity index (χ2n) is 18.8. The van der Waals surface area contributed by atoms with Gasteiger partial charge in [-0.2, -0.15) is 0 Å². The zero-order chi connectivity index (χ0) is 47.7. The van der Waals surface area contributed by atoms with Gasteiger partial charge in [-0.25, -0.2) is 0 Å². The number of carbonyl (C=O) groups is 2. The van der Waals surface area contributed by atoms with Gasteiger partial charge in [0.15, 0.2) is 6.10 Å². The molecular formula is C61H108O5. The number of hydrogen-bond donors (Lipinski definition) is 0. The van der Waals surface area contributed by atoms with Crippen LogP contribution in [-0.2, 0) is 23.8 Å². The van der Waals surface area contributed by atoms with Crippen molar-refractivity contribution in [3.8, 4) is 0 Å². The third-order valence-corrected chi connectivity index (χ3v) is 12.2. The van der Waals surface area contributed by atoms with Crippen LogP contribution in [0.3, 0.4) is 0 Å². The maximum absolute atomic E-state index is 12.8. The standard InChI is InChI=1S/C61H108O5/c1-4-7-10-13-16-19-22-25-28-29-30-31-32-35-38-41-44-47-50-53-56-64-57-59(66-61(63)55-52-49-46-43-40-37-34-27-24-21-18-15-12-9-6-3)58-65-60(62)54-51-48-45-42-39-36-33-26-23-20-17-14-11-8-5-2/h8,11,16-17,19-20,25-26,28,30-31,33,59H,4-7,9-10,12-15,18,21-24,27,29,32,34-58H2,1-3H3/b11-8-,19-16-,20-17-,28-25-,31-30-,33-26-. The van der Waals surface area contributed by atoms with E-state index in [-0.39, 0.29) is 25.2 Å². The summed E-state index contributed by atoms with van der Waals surface area (Å²) in [5, 5.41) is 0. The smallest absolute Gasteiger partial charge is 0.306 e. The van der Waals surface area contributed by atoms with Gasteiger partial charge in [0.25, 0.3) is 0 Å². The summed E-state index contributed by atoms with van der Waals surface area (Å²) in [6.45, 7) is 7.68. The van der Waals surface area contributed by atoms with Gasteiger partial charge in [-0.1, -0.05) is 248 Å². The molecule has 0 saturated heterocycles. The number of hydrogen-bond acceptors (Lipinski definition) is 5. The van der Waals surface area contributed by atoms with Crippen LogP contribution in [0.4, 0.5) is 0 Å². The average Bonchev–Trinajstić information content (AvgIpc) is 3.32. The van der Waals surface area contributed by atoms with Crippen molar-refractivity contribution in [3.05, 3.63) is 72.9 Å². The third-order valence-electron chi connectivity index (χ3n) is 12.2. The average molecular weight is 922 g/mol. The molecule has 0 aromatic rings. The van der Waals surface area contributed by atoms with Crippen LogP contribution in [0.15, 0.2) is 72.9 Å². The number of esters is 2. The molecule has 0 heterocycles. The monoisotopic (exact) mass is 921 g/mol. The Morgan fingerprint density at radius 2 is 0.682 bits per heavy atom. The van der Waals surface area contributed by atoms with Crippen molar-refractivity contribution in [3.63, 3.8) is 0 Å². The Bertz CT molecular complexity index is 1180. The molecule has 0 aromatic heterocycles. The topological polar surface area (TPSA) is 61.8 Å². The molecule has 0 aromatic carbocycles. The zero-order valence-electron chi connectivity index (χ0n) is 44.0. The minimum atomic E-state index is -0.549. The van der Waals surface area contributed by atoms with Gasteiger partial charge in [-0.05, 0) is 89.9 Å². The summed E-state index contributed by atoms with van der Waals surface area (Å²) in [4.78, 5) is 25.5. The second kappa shape index (κ2) is 56.7. The van der Waals surface area contributed by atoms with E-state index >= 15 is 0 Å². The highest BCUT2D eigenvalue weighted by Crippen LogP contribution is 2.15. The molecule has 0 bridgehead atoms. The first-order valence-electron chi connectivity index (χ1n) is 28.5. The molecular weight excluding hydrogens is 813 g/mol. The fourth-order valence-corrected chi connectivity index (χ4v) is 8.00. The van der Waals surface area contributed by atoms with E-state index in [1.807, 2.05) is 0 Å². The summed E-state index contributed by atoms with van der Waals surface area (Å²) in [5.74, 6) is -0.413. The first-order valence-corrected chi connectivity index (χ1v) is 28.5. The van der Waals surface area contributed by atoms with Crippen LogP contribution in [0.25, 0.3) is 0 Å². The number of ether oxygens (including phenoxy) is 3. The van der Waals surface area contributed by atoms with Gasteiger partial charge >= 0.3 is 11.9 Å². The molecule has 66 heavy (non-hydrogen) atoms. The van der Waals surface area contributed by atoms with Crippen LogP contribution in [0, 0.1) is 0 Å². The van der Waals surface area contributed by atoms with Crippen LogP contribution in [0.1, 0.15) is 278 Å². The quantitative estimate of drug-likeness (QED) is 0.0346. The molecule has 0 fully saturated rings.